The summed E-state index contributed by atoms with van der Waals surface area (Å²) in [5, 5.41) is 13.0. The van der Waals surface area contributed by atoms with Crippen LogP contribution in [0.25, 0.3) is 0 Å². The summed E-state index contributed by atoms with van der Waals surface area (Å²) >= 11 is 0. The van der Waals surface area contributed by atoms with Crippen molar-refractivity contribution >= 4 is 12.0 Å². The van der Waals surface area contributed by atoms with Gasteiger partial charge in [0.25, 0.3) is 0 Å². The summed E-state index contributed by atoms with van der Waals surface area (Å²) in [6, 6.07) is 16.9. The topological polar surface area (TPSA) is 89.3 Å². The highest BCUT2D eigenvalue weighted by Gasteiger charge is 2.10. The van der Waals surface area contributed by atoms with Gasteiger partial charge in [0.2, 0.25) is 5.89 Å². The largest absolute Gasteiger partial charge is 0.497 e. The zero-order chi connectivity index (χ0) is 17.5. The molecule has 128 valence electrons. The van der Waals surface area contributed by atoms with Crippen LogP contribution in [0.4, 0.5) is 10.8 Å². The Morgan fingerprint density at radius 2 is 1.80 bits per heavy atom. The highest BCUT2D eigenvalue weighted by molar-refractivity contribution is 5.86. The third-order valence-electron chi connectivity index (χ3n) is 3.50. The molecule has 0 saturated heterocycles. The van der Waals surface area contributed by atoms with Crippen molar-refractivity contribution in [2.45, 2.75) is 13.0 Å². The van der Waals surface area contributed by atoms with Crippen LogP contribution in [0, 0.1) is 0 Å². The van der Waals surface area contributed by atoms with E-state index in [0.717, 1.165) is 16.9 Å². The molecule has 0 bridgehead atoms. The summed E-state index contributed by atoms with van der Waals surface area (Å²) in [5.74, 6) is 1.21. The molecule has 0 spiro atoms. The van der Waals surface area contributed by atoms with E-state index in [-0.39, 0.29) is 6.01 Å². The fraction of sp³-hybridized carbons (Fsp3) is 0.167. The lowest BCUT2D eigenvalue weighted by atomic mass is 10.2. The zero-order valence-corrected chi connectivity index (χ0v) is 13.7. The molecular formula is C18H18N4O3. The number of aromatic nitrogens is 2. The molecule has 3 aromatic rings. The van der Waals surface area contributed by atoms with Crippen LogP contribution in [0.3, 0.4) is 0 Å². The second kappa shape index (κ2) is 7.96. The lowest BCUT2D eigenvalue weighted by Gasteiger charge is -2.05. The monoisotopic (exact) mass is 338 g/mol. The first-order chi connectivity index (χ1) is 12.2. The molecule has 7 heteroatoms. The molecule has 0 fully saturated rings. The van der Waals surface area contributed by atoms with E-state index in [1.165, 1.54) is 0 Å². The summed E-state index contributed by atoms with van der Waals surface area (Å²) in [6.45, 7) is 0.376. The van der Waals surface area contributed by atoms with Gasteiger partial charge in [-0.3, -0.25) is 5.32 Å². The molecule has 0 radical (unpaired) electrons. The average Bonchev–Trinajstić information content (AvgIpc) is 3.08. The van der Waals surface area contributed by atoms with Gasteiger partial charge in [0.15, 0.2) is 0 Å². The van der Waals surface area contributed by atoms with Crippen molar-refractivity contribution in [3.63, 3.8) is 0 Å². The van der Waals surface area contributed by atoms with Gasteiger partial charge in [0, 0.05) is 6.54 Å². The number of hydrogen-bond donors (Lipinski definition) is 2. The summed E-state index contributed by atoms with van der Waals surface area (Å²) in [7, 11) is 1.61. The van der Waals surface area contributed by atoms with E-state index in [2.05, 4.69) is 20.8 Å². The number of nitrogens with zero attached hydrogens (tertiary/aromatic N) is 2. The van der Waals surface area contributed by atoms with Gasteiger partial charge in [-0.1, -0.05) is 47.6 Å². The van der Waals surface area contributed by atoms with Gasteiger partial charge in [-0.15, -0.1) is 5.10 Å². The summed E-state index contributed by atoms with van der Waals surface area (Å²) < 4.78 is 10.5. The summed E-state index contributed by atoms with van der Waals surface area (Å²) in [4.78, 5) is 11.9. The SMILES string of the molecule is COc1ccc(CNC(=O)Nc2nnc(Cc3ccccc3)o2)cc1. The fourth-order valence-electron chi connectivity index (χ4n) is 2.21. The third-order valence-corrected chi connectivity index (χ3v) is 3.50. The van der Waals surface area contributed by atoms with Crippen LogP contribution in [-0.4, -0.2) is 23.3 Å². The molecule has 0 saturated carbocycles. The number of carbonyl (C=O) groups is 1. The number of ether oxygens (including phenoxy) is 1. The minimum atomic E-state index is -0.411. The first-order valence-corrected chi connectivity index (χ1v) is 7.77. The Balaban J connectivity index is 1.49. The number of nitrogens with one attached hydrogen (secondary N) is 2. The highest BCUT2D eigenvalue weighted by atomic mass is 16.5. The maximum Gasteiger partial charge on any atom is 0.323 e. The van der Waals surface area contributed by atoms with Gasteiger partial charge in [0.1, 0.15) is 5.75 Å². The Labute approximate surface area is 145 Å². The molecule has 0 aliphatic heterocycles. The second-order valence-electron chi connectivity index (χ2n) is 5.32. The minimum absolute atomic E-state index is 0.0677. The number of rotatable bonds is 6. The molecule has 0 unspecified atom stereocenters. The van der Waals surface area contributed by atoms with Crippen LogP contribution in [0.15, 0.2) is 59.0 Å². The van der Waals surface area contributed by atoms with E-state index >= 15 is 0 Å². The van der Waals surface area contributed by atoms with Gasteiger partial charge in [0.05, 0.1) is 13.5 Å². The smallest absolute Gasteiger partial charge is 0.323 e. The van der Waals surface area contributed by atoms with Crippen LogP contribution >= 0.6 is 0 Å². The third kappa shape index (κ3) is 4.81. The van der Waals surface area contributed by atoms with Crippen molar-refractivity contribution in [1.29, 1.82) is 0 Å². The average molecular weight is 338 g/mol. The molecule has 7 nitrogen and oxygen atoms in total. The number of methoxy groups -OCH3 is 1. The number of urea groups is 1. The predicted octanol–water partition coefficient (Wildman–Crippen LogP) is 2.99. The maximum atomic E-state index is 11.9. The summed E-state index contributed by atoms with van der Waals surface area (Å²) in [6.07, 6.45) is 0.517. The first-order valence-electron chi connectivity index (χ1n) is 7.77. The van der Waals surface area contributed by atoms with E-state index in [9.17, 15) is 4.79 Å². The fourth-order valence-corrected chi connectivity index (χ4v) is 2.21. The lowest BCUT2D eigenvalue weighted by molar-refractivity contribution is 0.251. The minimum Gasteiger partial charge on any atom is -0.497 e. The van der Waals surface area contributed by atoms with E-state index < -0.39 is 6.03 Å². The van der Waals surface area contributed by atoms with E-state index in [1.54, 1.807) is 7.11 Å². The summed E-state index contributed by atoms with van der Waals surface area (Å²) in [5.41, 5.74) is 2.01. The first kappa shape index (κ1) is 16.5. The van der Waals surface area contributed by atoms with Gasteiger partial charge >= 0.3 is 12.0 Å². The van der Waals surface area contributed by atoms with Gasteiger partial charge < -0.3 is 14.5 Å². The van der Waals surface area contributed by atoms with Crippen LogP contribution in [0.2, 0.25) is 0 Å². The molecule has 1 aromatic heterocycles. The number of amides is 2. The molecule has 1 heterocycles. The van der Waals surface area contributed by atoms with Crippen LogP contribution < -0.4 is 15.4 Å². The van der Waals surface area contributed by atoms with Crippen LogP contribution in [-0.2, 0) is 13.0 Å². The Morgan fingerprint density at radius 3 is 2.52 bits per heavy atom. The molecule has 0 aliphatic rings. The highest BCUT2D eigenvalue weighted by Crippen LogP contribution is 2.12. The number of carbonyl (C=O) groups excluding carboxylic acids is 1. The van der Waals surface area contributed by atoms with E-state index in [0.29, 0.717) is 18.9 Å². The molecule has 25 heavy (non-hydrogen) atoms. The van der Waals surface area contributed by atoms with Crippen molar-refractivity contribution in [2.24, 2.45) is 0 Å². The molecule has 0 aliphatic carbocycles. The Hall–Kier alpha value is -3.35. The molecular weight excluding hydrogens is 320 g/mol. The van der Waals surface area contributed by atoms with Crippen molar-refractivity contribution in [2.75, 3.05) is 12.4 Å². The Morgan fingerprint density at radius 1 is 1.04 bits per heavy atom. The van der Waals surface area contributed by atoms with Gasteiger partial charge in [-0.05, 0) is 23.3 Å². The standard InChI is InChI=1S/C18H18N4O3/c1-24-15-9-7-14(8-10-15)12-19-17(23)20-18-22-21-16(25-18)11-13-5-3-2-4-6-13/h2-10H,11-12H2,1H3,(H2,19,20,22,23). The molecule has 0 atom stereocenters. The Bertz CT molecular complexity index is 816. The van der Waals surface area contributed by atoms with Crippen LogP contribution in [0.5, 0.6) is 5.75 Å². The molecule has 2 N–H and O–H groups in total. The quantitative estimate of drug-likeness (QED) is 0.721. The van der Waals surface area contributed by atoms with E-state index in [4.69, 9.17) is 9.15 Å². The van der Waals surface area contributed by atoms with Crippen molar-refractivity contribution in [1.82, 2.24) is 15.5 Å². The number of anilines is 1. The molecule has 2 aromatic carbocycles. The zero-order valence-electron chi connectivity index (χ0n) is 13.7. The van der Waals surface area contributed by atoms with Crippen molar-refractivity contribution in [3.05, 3.63) is 71.6 Å². The van der Waals surface area contributed by atoms with Crippen molar-refractivity contribution in [3.8, 4) is 5.75 Å². The number of benzene rings is 2. The normalized spacial score (nSPS) is 10.3. The van der Waals surface area contributed by atoms with Gasteiger partial charge in [-0.25, -0.2) is 4.79 Å². The molecule has 2 amide bonds. The second-order valence-corrected chi connectivity index (χ2v) is 5.32. The van der Waals surface area contributed by atoms with E-state index in [1.807, 2.05) is 54.6 Å². The maximum absolute atomic E-state index is 11.9. The van der Waals surface area contributed by atoms with Gasteiger partial charge in [-0.2, -0.15) is 0 Å². The number of hydrogen-bond acceptors (Lipinski definition) is 5. The van der Waals surface area contributed by atoms with Crippen molar-refractivity contribution < 1.29 is 13.9 Å². The predicted molar refractivity (Wildman–Crippen MR) is 92.4 cm³/mol. The Kier molecular flexibility index (Phi) is 5.26. The molecule has 3 rings (SSSR count). The van der Waals surface area contributed by atoms with Crippen LogP contribution in [0.1, 0.15) is 17.0 Å². The lowest BCUT2D eigenvalue weighted by Crippen LogP contribution is -2.28.